The molecule has 1 aromatic rings. The van der Waals surface area contributed by atoms with Crippen LogP contribution in [0.4, 0.5) is 0 Å². The van der Waals surface area contributed by atoms with Crippen molar-refractivity contribution in [2.75, 3.05) is 6.61 Å². The van der Waals surface area contributed by atoms with Gasteiger partial charge in [-0.3, -0.25) is 0 Å². The lowest BCUT2D eigenvalue weighted by Crippen LogP contribution is -1.91. The maximum atomic E-state index is 8.62. The molecule has 0 aliphatic rings. The van der Waals surface area contributed by atoms with Gasteiger partial charge in [0.15, 0.2) is 0 Å². The number of aliphatic hydroxyl groups is 1. The summed E-state index contributed by atoms with van der Waals surface area (Å²) in [6, 6.07) is 8.16. The molecule has 0 bridgehead atoms. The Morgan fingerprint density at radius 1 is 1.29 bits per heavy atom. The molecule has 0 amide bonds. The van der Waals surface area contributed by atoms with E-state index >= 15 is 0 Å². The van der Waals surface area contributed by atoms with Crippen LogP contribution in [0.2, 0.25) is 0 Å². The van der Waals surface area contributed by atoms with E-state index in [1.165, 1.54) is 5.56 Å². The second-order valence-corrected chi connectivity index (χ2v) is 3.52. The number of benzene rings is 1. The summed E-state index contributed by atoms with van der Waals surface area (Å²) < 4.78 is 0. The molecule has 14 heavy (non-hydrogen) atoms. The van der Waals surface area contributed by atoms with E-state index in [0.29, 0.717) is 12.3 Å². The van der Waals surface area contributed by atoms with E-state index in [9.17, 15) is 0 Å². The summed E-state index contributed by atoms with van der Waals surface area (Å²) in [5, 5.41) is 8.62. The summed E-state index contributed by atoms with van der Waals surface area (Å²) >= 11 is 0. The van der Waals surface area contributed by atoms with E-state index in [0.717, 1.165) is 5.56 Å². The standard InChI is InChI=1S/C13H16O/c1-11(2)13-9-4-3-7-12(13)8-5-6-10-14/h3-4,7,9,11,14H,6,10H2,1-2H3. The third-order valence-electron chi connectivity index (χ3n) is 2.04. The molecule has 1 N–H and O–H groups in total. The number of hydrogen-bond donors (Lipinski definition) is 1. The van der Waals surface area contributed by atoms with Crippen LogP contribution in [-0.2, 0) is 0 Å². The first-order chi connectivity index (χ1) is 6.75. The van der Waals surface area contributed by atoms with Gasteiger partial charge in [0.25, 0.3) is 0 Å². The highest BCUT2D eigenvalue weighted by atomic mass is 16.2. The summed E-state index contributed by atoms with van der Waals surface area (Å²) in [6.07, 6.45) is 0.548. The molecular weight excluding hydrogens is 172 g/mol. The van der Waals surface area contributed by atoms with Crippen molar-refractivity contribution in [1.82, 2.24) is 0 Å². The van der Waals surface area contributed by atoms with Crippen molar-refractivity contribution in [3.63, 3.8) is 0 Å². The Morgan fingerprint density at radius 3 is 2.64 bits per heavy atom. The molecule has 0 aliphatic carbocycles. The molecule has 0 saturated carbocycles. The van der Waals surface area contributed by atoms with Crippen molar-refractivity contribution in [1.29, 1.82) is 0 Å². The molecular formula is C13H16O. The Labute approximate surface area is 85.8 Å². The van der Waals surface area contributed by atoms with Crippen LogP contribution >= 0.6 is 0 Å². The molecule has 1 heteroatoms. The van der Waals surface area contributed by atoms with Gasteiger partial charge in [-0.1, -0.05) is 43.9 Å². The van der Waals surface area contributed by atoms with E-state index in [4.69, 9.17) is 5.11 Å². The molecule has 0 atom stereocenters. The van der Waals surface area contributed by atoms with Crippen molar-refractivity contribution in [3.8, 4) is 11.8 Å². The molecule has 0 spiro atoms. The molecule has 0 saturated heterocycles. The third kappa shape index (κ3) is 2.90. The smallest absolute Gasteiger partial charge is 0.0540 e. The first-order valence-electron chi connectivity index (χ1n) is 4.94. The quantitative estimate of drug-likeness (QED) is 0.707. The average molecular weight is 188 g/mol. The Morgan fingerprint density at radius 2 is 2.00 bits per heavy atom. The number of aliphatic hydroxyl groups excluding tert-OH is 1. The predicted octanol–water partition coefficient (Wildman–Crippen LogP) is 2.54. The first-order valence-corrected chi connectivity index (χ1v) is 4.94. The molecule has 0 fully saturated rings. The minimum atomic E-state index is 0.136. The van der Waals surface area contributed by atoms with E-state index < -0.39 is 0 Å². The van der Waals surface area contributed by atoms with Crippen LogP contribution in [0.1, 0.15) is 37.3 Å². The zero-order valence-electron chi connectivity index (χ0n) is 8.75. The van der Waals surface area contributed by atoms with Crippen LogP contribution < -0.4 is 0 Å². The molecule has 1 rings (SSSR count). The van der Waals surface area contributed by atoms with Gasteiger partial charge in [0.2, 0.25) is 0 Å². The van der Waals surface area contributed by atoms with Gasteiger partial charge in [0.1, 0.15) is 0 Å². The van der Waals surface area contributed by atoms with Crippen LogP contribution in [0.15, 0.2) is 24.3 Å². The second kappa shape index (κ2) is 5.47. The molecule has 0 unspecified atom stereocenters. The summed E-state index contributed by atoms with van der Waals surface area (Å²) in [4.78, 5) is 0. The molecule has 0 aliphatic heterocycles. The summed E-state index contributed by atoms with van der Waals surface area (Å²) in [6.45, 7) is 4.45. The minimum absolute atomic E-state index is 0.136. The SMILES string of the molecule is CC(C)c1ccccc1C#CCCO. The van der Waals surface area contributed by atoms with Crippen molar-refractivity contribution < 1.29 is 5.11 Å². The first kappa shape index (κ1) is 10.8. The Balaban J connectivity index is 2.92. The number of rotatable bonds is 2. The van der Waals surface area contributed by atoms with Gasteiger partial charge in [0.05, 0.1) is 6.61 Å². The molecule has 1 aromatic carbocycles. The summed E-state index contributed by atoms with van der Waals surface area (Å²) in [5.74, 6) is 6.53. The second-order valence-electron chi connectivity index (χ2n) is 3.52. The average Bonchev–Trinajstić information content (AvgIpc) is 2.19. The lowest BCUT2D eigenvalue weighted by Gasteiger charge is -2.07. The Kier molecular flexibility index (Phi) is 4.22. The highest BCUT2D eigenvalue weighted by Gasteiger charge is 2.02. The predicted molar refractivity (Wildman–Crippen MR) is 59.1 cm³/mol. The highest BCUT2D eigenvalue weighted by molar-refractivity contribution is 5.42. The lowest BCUT2D eigenvalue weighted by atomic mass is 9.97. The fraction of sp³-hybridized carbons (Fsp3) is 0.385. The fourth-order valence-electron chi connectivity index (χ4n) is 1.33. The maximum Gasteiger partial charge on any atom is 0.0540 e. The number of hydrogen-bond acceptors (Lipinski definition) is 1. The van der Waals surface area contributed by atoms with E-state index in [2.05, 4.69) is 31.8 Å². The van der Waals surface area contributed by atoms with Gasteiger partial charge in [-0.2, -0.15) is 0 Å². The molecule has 1 nitrogen and oxygen atoms in total. The van der Waals surface area contributed by atoms with Gasteiger partial charge < -0.3 is 5.11 Å². The molecule has 0 aromatic heterocycles. The van der Waals surface area contributed by atoms with E-state index in [1.807, 2.05) is 18.2 Å². The highest BCUT2D eigenvalue weighted by Crippen LogP contribution is 2.17. The maximum absolute atomic E-state index is 8.62. The van der Waals surface area contributed by atoms with Gasteiger partial charge in [-0.05, 0) is 17.5 Å². The largest absolute Gasteiger partial charge is 0.395 e. The van der Waals surface area contributed by atoms with Gasteiger partial charge in [0, 0.05) is 12.0 Å². The Bertz CT molecular complexity index is 342. The summed E-state index contributed by atoms with van der Waals surface area (Å²) in [7, 11) is 0. The third-order valence-corrected chi connectivity index (χ3v) is 2.04. The van der Waals surface area contributed by atoms with Crippen LogP contribution in [0.5, 0.6) is 0 Å². The van der Waals surface area contributed by atoms with Crippen molar-refractivity contribution in [2.24, 2.45) is 0 Å². The molecule has 0 radical (unpaired) electrons. The fourth-order valence-corrected chi connectivity index (χ4v) is 1.33. The normalized spacial score (nSPS) is 9.71. The van der Waals surface area contributed by atoms with Crippen LogP contribution in [-0.4, -0.2) is 11.7 Å². The topological polar surface area (TPSA) is 20.2 Å². The lowest BCUT2D eigenvalue weighted by molar-refractivity contribution is 0.305. The monoisotopic (exact) mass is 188 g/mol. The van der Waals surface area contributed by atoms with Gasteiger partial charge in [-0.15, -0.1) is 0 Å². The van der Waals surface area contributed by atoms with Gasteiger partial charge in [-0.25, -0.2) is 0 Å². The van der Waals surface area contributed by atoms with Crippen molar-refractivity contribution in [3.05, 3.63) is 35.4 Å². The Hall–Kier alpha value is -1.26. The van der Waals surface area contributed by atoms with Crippen molar-refractivity contribution >= 4 is 0 Å². The van der Waals surface area contributed by atoms with Crippen molar-refractivity contribution in [2.45, 2.75) is 26.2 Å². The minimum Gasteiger partial charge on any atom is -0.395 e. The summed E-state index contributed by atoms with van der Waals surface area (Å²) in [5.41, 5.74) is 2.36. The van der Waals surface area contributed by atoms with E-state index in [-0.39, 0.29) is 6.61 Å². The van der Waals surface area contributed by atoms with Crippen LogP contribution in [0.3, 0.4) is 0 Å². The van der Waals surface area contributed by atoms with Crippen LogP contribution in [0, 0.1) is 11.8 Å². The zero-order valence-corrected chi connectivity index (χ0v) is 8.75. The van der Waals surface area contributed by atoms with Gasteiger partial charge >= 0.3 is 0 Å². The molecule has 0 heterocycles. The zero-order chi connectivity index (χ0) is 10.4. The van der Waals surface area contributed by atoms with Crippen LogP contribution in [0.25, 0.3) is 0 Å². The van der Waals surface area contributed by atoms with E-state index in [1.54, 1.807) is 0 Å². The molecule has 74 valence electrons.